The van der Waals surface area contributed by atoms with E-state index in [-0.39, 0.29) is 18.4 Å². The molecule has 1 rings (SSSR count). The lowest BCUT2D eigenvalue weighted by atomic mass is 10.1. The Morgan fingerprint density at radius 3 is 2.65 bits per heavy atom. The summed E-state index contributed by atoms with van der Waals surface area (Å²) < 4.78 is 25.7. The van der Waals surface area contributed by atoms with Gasteiger partial charge in [-0.2, -0.15) is 0 Å². The van der Waals surface area contributed by atoms with Crippen LogP contribution in [-0.4, -0.2) is 28.9 Å². The maximum atomic E-state index is 13.0. The molecule has 20 heavy (non-hydrogen) atoms. The predicted octanol–water partition coefficient (Wildman–Crippen LogP) is 2.72. The van der Waals surface area contributed by atoms with Gasteiger partial charge in [0, 0.05) is 23.1 Å². The molecule has 0 heterocycles. The van der Waals surface area contributed by atoms with Crippen LogP contribution in [-0.2, 0) is 4.79 Å². The summed E-state index contributed by atoms with van der Waals surface area (Å²) in [5, 5.41) is 12.0. The Morgan fingerprint density at radius 1 is 1.35 bits per heavy atom. The number of hydrogen-bond donors (Lipinski definition) is 2. The van der Waals surface area contributed by atoms with Crippen LogP contribution in [0.5, 0.6) is 0 Å². The van der Waals surface area contributed by atoms with E-state index in [9.17, 15) is 18.7 Å². The maximum Gasteiger partial charge on any atom is 0.221 e. The molecule has 0 aliphatic rings. The zero-order chi connectivity index (χ0) is 15.1. The second-order valence-electron chi connectivity index (χ2n) is 4.73. The Kier molecular flexibility index (Phi) is 6.95. The van der Waals surface area contributed by atoms with Crippen LogP contribution in [0.1, 0.15) is 26.7 Å². The highest BCUT2D eigenvalue weighted by atomic mass is 32.2. The third-order valence-corrected chi connectivity index (χ3v) is 3.59. The SMILES string of the molecule is CC(O)CC(C)NC(=O)CCSc1ccc(F)c(F)c1. The molecular weight excluding hydrogens is 284 g/mol. The molecule has 0 aromatic heterocycles. The predicted molar refractivity (Wildman–Crippen MR) is 75.6 cm³/mol. The van der Waals surface area contributed by atoms with Crippen molar-refractivity contribution in [3.8, 4) is 0 Å². The summed E-state index contributed by atoms with van der Waals surface area (Å²) in [4.78, 5) is 12.2. The second-order valence-corrected chi connectivity index (χ2v) is 5.90. The highest BCUT2D eigenvalue weighted by molar-refractivity contribution is 7.99. The van der Waals surface area contributed by atoms with Crippen LogP contribution in [0, 0.1) is 11.6 Å². The van der Waals surface area contributed by atoms with Gasteiger partial charge in [0.1, 0.15) is 0 Å². The lowest BCUT2D eigenvalue weighted by Gasteiger charge is -2.15. The van der Waals surface area contributed by atoms with Crippen LogP contribution in [0.2, 0.25) is 0 Å². The van der Waals surface area contributed by atoms with E-state index >= 15 is 0 Å². The number of rotatable bonds is 7. The Bertz CT molecular complexity index is 455. The number of aliphatic hydroxyl groups is 1. The van der Waals surface area contributed by atoms with E-state index in [4.69, 9.17) is 0 Å². The Balaban J connectivity index is 2.29. The van der Waals surface area contributed by atoms with E-state index < -0.39 is 17.7 Å². The van der Waals surface area contributed by atoms with Crippen molar-refractivity contribution in [3.63, 3.8) is 0 Å². The Morgan fingerprint density at radius 2 is 2.05 bits per heavy atom. The molecule has 1 amide bonds. The number of amides is 1. The summed E-state index contributed by atoms with van der Waals surface area (Å²) in [6.45, 7) is 3.49. The number of aliphatic hydroxyl groups excluding tert-OH is 1. The van der Waals surface area contributed by atoms with E-state index in [2.05, 4.69) is 5.32 Å². The van der Waals surface area contributed by atoms with E-state index in [0.29, 0.717) is 17.1 Å². The lowest BCUT2D eigenvalue weighted by Crippen LogP contribution is -2.34. The molecule has 0 fully saturated rings. The molecule has 112 valence electrons. The standard InChI is InChI=1S/C14H19F2NO2S/c1-9(7-10(2)18)17-14(19)5-6-20-11-3-4-12(15)13(16)8-11/h3-4,8-10,18H,5-7H2,1-2H3,(H,17,19). The first-order valence-electron chi connectivity index (χ1n) is 6.43. The first-order valence-corrected chi connectivity index (χ1v) is 7.42. The summed E-state index contributed by atoms with van der Waals surface area (Å²) >= 11 is 1.30. The van der Waals surface area contributed by atoms with E-state index in [1.165, 1.54) is 17.8 Å². The van der Waals surface area contributed by atoms with Crippen molar-refractivity contribution in [2.45, 2.75) is 43.7 Å². The van der Waals surface area contributed by atoms with Gasteiger partial charge >= 0.3 is 0 Å². The van der Waals surface area contributed by atoms with Crippen molar-refractivity contribution in [3.05, 3.63) is 29.8 Å². The van der Waals surface area contributed by atoms with Gasteiger partial charge in [-0.05, 0) is 38.5 Å². The molecule has 0 radical (unpaired) electrons. The van der Waals surface area contributed by atoms with Crippen LogP contribution in [0.3, 0.4) is 0 Å². The smallest absolute Gasteiger partial charge is 0.221 e. The quantitative estimate of drug-likeness (QED) is 0.762. The molecular formula is C14H19F2NO2S. The molecule has 6 heteroatoms. The number of nitrogens with one attached hydrogen (secondary N) is 1. The molecule has 0 spiro atoms. The van der Waals surface area contributed by atoms with Crippen LogP contribution in [0.4, 0.5) is 8.78 Å². The molecule has 3 nitrogen and oxygen atoms in total. The summed E-state index contributed by atoms with van der Waals surface area (Å²) in [5.41, 5.74) is 0. The fourth-order valence-corrected chi connectivity index (χ4v) is 2.62. The van der Waals surface area contributed by atoms with Crippen molar-refractivity contribution >= 4 is 17.7 Å². The normalized spacial score (nSPS) is 13.8. The molecule has 0 aliphatic heterocycles. The molecule has 2 atom stereocenters. The van der Waals surface area contributed by atoms with Crippen molar-refractivity contribution in [1.29, 1.82) is 0 Å². The fraction of sp³-hybridized carbons (Fsp3) is 0.500. The van der Waals surface area contributed by atoms with Crippen LogP contribution in [0.15, 0.2) is 23.1 Å². The summed E-state index contributed by atoms with van der Waals surface area (Å²) in [6.07, 6.45) is 0.331. The highest BCUT2D eigenvalue weighted by Gasteiger charge is 2.10. The Hall–Kier alpha value is -1.14. The summed E-state index contributed by atoms with van der Waals surface area (Å²) in [7, 11) is 0. The molecule has 2 N–H and O–H groups in total. The molecule has 0 aliphatic carbocycles. The van der Waals surface area contributed by atoms with Crippen molar-refractivity contribution in [1.82, 2.24) is 5.32 Å². The number of carbonyl (C=O) groups is 1. The van der Waals surface area contributed by atoms with Gasteiger partial charge in [0.25, 0.3) is 0 Å². The zero-order valence-corrected chi connectivity index (χ0v) is 12.3. The minimum atomic E-state index is -0.884. The van der Waals surface area contributed by atoms with Gasteiger partial charge in [-0.15, -0.1) is 11.8 Å². The maximum absolute atomic E-state index is 13.0. The number of halogens is 2. The van der Waals surface area contributed by atoms with E-state index in [1.54, 1.807) is 6.92 Å². The molecule has 1 aromatic carbocycles. The number of hydrogen-bond acceptors (Lipinski definition) is 3. The minimum Gasteiger partial charge on any atom is -0.393 e. The number of thioether (sulfide) groups is 1. The minimum absolute atomic E-state index is 0.0873. The van der Waals surface area contributed by atoms with Crippen molar-refractivity contribution < 1.29 is 18.7 Å². The van der Waals surface area contributed by atoms with Gasteiger partial charge in [-0.1, -0.05) is 0 Å². The largest absolute Gasteiger partial charge is 0.393 e. The average molecular weight is 303 g/mol. The van der Waals surface area contributed by atoms with Crippen LogP contribution in [0.25, 0.3) is 0 Å². The monoisotopic (exact) mass is 303 g/mol. The van der Waals surface area contributed by atoms with Crippen LogP contribution < -0.4 is 5.32 Å². The fourth-order valence-electron chi connectivity index (χ4n) is 1.75. The Labute approximate surface area is 121 Å². The number of benzene rings is 1. The second kappa shape index (κ2) is 8.21. The third kappa shape index (κ3) is 6.34. The molecule has 0 saturated heterocycles. The molecule has 0 saturated carbocycles. The summed E-state index contributed by atoms with van der Waals surface area (Å²) in [5.74, 6) is -1.39. The van der Waals surface area contributed by atoms with Gasteiger partial charge in [0.05, 0.1) is 6.10 Å². The first-order chi connectivity index (χ1) is 9.38. The van der Waals surface area contributed by atoms with Gasteiger partial charge < -0.3 is 10.4 Å². The highest BCUT2D eigenvalue weighted by Crippen LogP contribution is 2.20. The summed E-state index contributed by atoms with van der Waals surface area (Å²) in [6, 6.07) is 3.59. The average Bonchev–Trinajstić information content (AvgIpc) is 2.32. The van der Waals surface area contributed by atoms with Crippen LogP contribution >= 0.6 is 11.8 Å². The van der Waals surface area contributed by atoms with Gasteiger partial charge in [0.2, 0.25) is 5.91 Å². The van der Waals surface area contributed by atoms with E-state index in [0.717, 1.165) is 12.1 Å². The van der Waals surface area contributed by atoms with Gasteiger partial charge in [-0.25, -0.2) is 8.78 Å². The molecule has 1 aromatic rings. The van der Waals surface area contributed by atoms with Crippen molar-refractivity contribution in [2.75, 3.05) is 5.75 Å². The number of carbonyl (C=O) groups excluding carboxylic acids is 1. The molecule has 0 bridgehead atoms. The van der Waals surface area contributed by atoms with Gasteiger partial charge in [-0.3, -0.25) is 4.79 Å². The van der Waals surface area contributed by atoms with Gasteiger partial charge in [0.15, 0.2) is 11.6 Å². The molecule has 2 unspecified atom stereocenters. The third-order valence-electron chi connectivity index (χ3n) is 2.59. The topological polar surface area (TPSA) is 49.3 Å². The van der Waals surface area contributed by atoms with Crippen molar-refractivity contribution in [2.24, 2.45) is 0 Å². The lowest BCUT2D eigenvalue weighted by molar-refractivity contribution is -0.121. The zero-order valence-electron chi connectivity index (χ0n) is 11.5. The first kappa shape index (κ1) is 16.9. The van der Waals surface area contributed by atoms with E-state index in [1.807, 2.05) is 6.92 Å².